The topological polar surface area (TPSA) is 46.7 Å². The molecule has 0 radical (unpaired) electrons. The van der Waals surface area contributed by atoms with Crippen LogP contribution in [-0.2, 0) is 14.6 Å². The van der Waals surface area contributed by atoms with Crippen LogP contribution in [0.15, 0.2) is 40.1 Å². The lowest BCUT2D eigenvalue weighted by Crippen LogP contribution is -2.12. The Kier molecular flexibility index (Phi) is 6.42. The number of unbranched alkanes of at least 4 members (excludes halogenated alkanes) is 3. The Labute approximate surface area is 140 Å². The Morgan fingerprint density at radius 2 is 1.78 bits per heavy atom. The SMILES string of the molecule is CCCC/C=C(\[C@@H]1O[C@H]1CCCC)S(=O)(=O)c1ccc(C)cc1. The molecule has 0 bridgehead atoms. The van der Waals surface area contributed by atoms with Crippen LogP contribution in [0.4, 0.5) is 0 Å². The van der Waals surface area contributed by atoms with Gasteiger partial charge in [0.05, 0.1) is 15.9 Å². The van der Waals surface area contributed by atoms with Crippen LogP contribution in [0, 0.1) is 6.92 Å². The van der Waals surface area contributed by atoms with Gasteiger partial charge in [-0.25, -0.2) is 8.42 Å². The number of hydrogen-bond donors (Lipinski definition) is 0. The van der Waals surface area contributed by atoms with Gasteiger partial charge in [-0.15, -0.1) is 0 Å². The van der Waals surface area contributed by atoms with Crippen molar-refractivity contribution >= 4 is 9.84 Å². The van der Waals surface area contributed by atoms with Crippen LogP contribution >= 0.6 is 0 Å². The maximum atomic E-state index is 13.0. The van der Waals surface area contributed by atoms with Gasteiger partial charge >= 0.3 is 0 Å². The first-order valence-corrected chi connectivity index (χ1v) is 10.2. The van der Waals surface area contributed by atoms with E-state index in [9.17, 15) is 8.42 Å². The zero-order chi connectivity index (χ0) is 16.9. The monoisotopic (exact) mass is 336 g/mol. The molecule has 2 atom stereocenters. The predicted molar refractivity (Wildman–Crippen MR) is 94.2 cm³/mol. The van der Waals surface area contributed by atoms with Crippen molar-refractivity contribution in [1.29, 1.82) is 0 Å². The molecule has 128 valence electrons. The molecule has 1 aromatic rings. The highest BCUT2D eigenvalue weighted by Gasteiger charge is 2.45. The van der Waals surface area contributed by atoms with E-state index in [2.05, 4.69) is 13.8 Å². The second-order valence-corrected chi connectivity index (χ2v) is 8.25. The average molecular weight is 336 g/mol. The van der Waals surface area contributed by atoms with E-state index in [1.54, 1.807) is 12.1 Å². The molecule has 0 aliphatic carbocycles. The normalized spacial score (nSPS) is 21.4. The molecule has 1 fully saturated rings. The first-order valence-electron chi connectivity index (χ1n) is 8.68. The van der Waals surface area contributed by atoms with E-state index in [1.807, 2.05) is 25.1 Å². The first-order chi connectivity index (χ1) is 11.0. The van der Waals surface area contributed by atoms with Gasteiger partial charge in [0.2, 0.25) is 9.84 Å². The van der Waals surface area contributed by atoms with Gasteiger partial charge < -0.3 is 4.74 Å². The van der Waals surface area contributed by atoms with Crippen LogP contribution in [0.2, 0.25) is 0 Å². The van der Waals surface area contributed by atoms with Crippen molar-refractivity contribution in [3.8, 4) is 0 Å². The molecule has 1 saturated heterocycles. The fourth-order valence-electron chi connectivity index (χ4n) is 2.70. The van der Waals surface area contributed by atoms with Crippen molar-refractivity contribution < 1.29 is 13.2 Å². The molecule has 2 rings (SSSR count). The Morgan fingerprint density at radius 1 is 1.13 bits per heavy atom. The van der Waals surface area contributed by atoms with Crippen molar-refractivity contribution in [3.05, 3.63) is 40.8 Å². The van der Waals surface area contributed by atoms with Crippen LogP contribution in [0.1, 0.15) is 57.9 Å². The van der Waals surface area contributed by atoms with Crippen LogP contribution in [0.5, 0.6) is 0 Å². The van der Waals surface area contributed by atoms with Crippen LogP contribution < -0.4 is 0 Å². The van der Waals surface area contributed by atoms with E-state index in [-0.39, 0.29) is 12.2 Å². The highest BCUT2D eigenvalue weighted by Crippen LogP contribution is 2.38. The molecule has 4 heteroatoms. The minimum absolute atomic E-state index is 0.0723. The van der Waals surface area contributed by atoms with E-state index in [0.717, 1.165) is 44.1 Å². The van der Waals surface area contributed by atoms with Gasteiger partial charge in [0.25, 0.3) is 0 Å². The summed E-state index contributed by atoms with van der Waals surface area (Å²) < 4.78 is 31.7. The zero-order valence-corrected chi connectivity index (χ0v) is 15.2. The fourth-order valence-corrected chi connectivity index (χ4v) is 4.32. The number of benzene rings is 1. The third-order valence-corrected chi connectivity index (χ3v) is 6.16. The molecule has 1 aliphatic rings. The number of ether oxygens (including phenoxy) is 1. The van der Waals surface area contributed by atoms with E-state index in [4.69, 9.17) is 4.74 Å². The summed E-state index contributed by atoms with van der Waals surface area (Å²) in [6.07, 6.45) is 7.67. The van der Waals surface area contributed by atoms with Gasteiger partial charge in [-0.2, -0.15) is 0 Å². The Hall–Kier alpha value is -1.13. The third kappa shape index (κ3) is 4.67. The van der Waals surface area contributed by atoms with Crippen molar-refractivity contribution in [2.75, 3.05) is 0 Å². The van der Waals surface area contributed by atoms with E-state index >= 15 is 0 Å². The highest BCUT2D eigenvalue weighted by atomic mass is 32.2. The molecule has 3 nitrogen and oxygen atoms in total. The van der Waals surface area contributed by atoms with E-state index in [1.165, 1.54) is 0 Å². The molecular formula is C19H28O3S. The molecule has 0 spiro atoms. The summed E-state index contributed by atoms with van der Waals surface area (Å²) in [4.78, 5) is 0.839. The van der Waals surface area contributed by atoms with Crippen LogP contribution in [0.25, 0.3) is 0 Å². The van der Waals surface area contributed by atoms with Crippen LogP contribution in [-0.4, -0.2) is 20.6 Å². The van der Waals surface area contributed by atoms with Crippen molar-refractivity contribution in [2.24, 2.45) is 0 Å². The number of sulfone groups is 1. The second-order valence-electron chi connectivity index (χ2n) is 6.30. The quantitative estimate of drug-likeness (QED) is 0.480. The lowest BCUT2D eigenvalue weighted by atomic mass is 10.1. The van der Waals surface area contributed by atoms with Crippen molar-refractivity contribution in [2.45, 2.75) is 76.4 Å². The average Bonchev–Trinajstić information content (AvgIpc) is 3.29. The number of aryl methyl sites for hydroxylation is 1. The van der Waals surface area contributed by atoms with Gasteiger partial charge in [0.15, 0.2) is 0 Å². The summed E-state index contributed by atoms with van der Waals surface area (Å²) >= 11 is 0. The summed E-state index contributed by atoms with van der Waals surface area (Å²) in [5.74, 6) is 0. The maximum Gasteiger partial charge on any atom is 0.205 e. The number of epoxide rings is 1. The molecule has 1 aliphatic heterocycles. The van der Waals surface area contributed by atoms with Crippen molar-refractivity contribution in [1.82, 2.24) is 0 Å². The second kappa shape index (κ2) is 8.11. The van der Waals surface area contributed by atoms with Gasteiger partial charge in [0.1, 0.15) is 6.10 Å². The Balaban J connectivity index is 2.23. The Bertz CT molecular complexity index is 629. The molecule has 0 amide bonds. The summed E-state index contributed by atoms with van der Waals surface area (Å²) in [7, 11) is -3.46. The van der Waals surface area contributed by atoms with Crippen molar-refractivity contribution in [3.63, 3.8) is 0 Å². The molecule has 23 heavy (non-hydrogen) atoms. The minimum atomic E-state index is -3.46. The Morgan fingerprint density at radius 3 is 2.39 bits per heavy atom. The maximum absolute atomic E-state index is 13.0. The first kappa shape index (κ1) is 18.2. The third-order valence-electron chi connectivity index (χ3n) is 4.25. The number of allylic oxidation sites excluding steroid dienone is 1. The summed E-state index contributed by atoms with van der Waals surface area (Å²) in [6.45, 7) is 6.21. The van der Waals surface area contributed by atoms with Gasteiger partial charge in [-0.05, 0) is 31.9 Å². The molecule has 0 saturated carbocycles. The van der Waals surface area contributed by atoms with Crippen LogP contribution in [0.3, 0.4) is 0 Å². The van der Waals surface area contributed by atoms with Gasteiger partial charge in [0, 0.05) is 0 Å². The minimum Gasteiger partial charge on any atom is -0.364 e. The van der Waals surface area contributed by atoms with Gasteiger partial charge in [-0.1, -0.05) is 63.3 Å². The molecule has 1 aromatic carbocycles. The number of hydrogen-bond acceptors (Lipinski definition) is 3. The lowest BCUT2D eigenvalue weighted by molar-refractivity contribution is 0.373. The van der Waals surface area contributed by atoms with Gasteiger partial charge in [-0.3, -0.25) is 0 Å². The standard InChI is InChI=1S/C19H28O3S/c1-4-6-8-10-18(19-17(22-19)9-7-5-2)23(20,21)16-13-11-15(3)12-14-16/h10-14,17,19H,4-9H2,1-3H3/b18-10+/t17-,19+/m0/s1. The number of rotatable bonds is 9. The summed E-state index contributed by atoms with van der Waals surface area (Å²) in [5, 5.41) is 0. The molecule has 0 unspecified atom stereocenters. The lowest BCUT2D eigenvalue weighted by Gasteiger charge is -2.08. The largest absolute Gasteiger partial charge is 0.364 e. The molecular weight excluding hydrogens is 308 g/mol. The highest BCUT2D eigenvalue weighted by molar-refractivity contribution is 7.95. The summed E-state index contributed by atoms with van der Waals surface area (Å²) in [6, 6.07) is 7.08. The van der Waals surface area contributed by atoms with E-state index < -0.39 is 9.84 Å². The predicted octanol–water partition coefficient (Wildman–Crippen LogP) is 4.80. The molecule has 0 aromatic heterocycles. The smallest absolute Gasteiger partial charge is 0.205 e. The van der Waals surface area contributed by atoms with E-state index in [0.29, 0.717) is 9.80 Å². The molecule has 1 heterocycles. The fraction of sp³-hybridized carbons (Fsp3) is 0.579. The zero-order valence-electron chi connectivity index (χ0n) is 14.4. The summed E-state index contributed by atoms with van der Waals surface area (Å²) in [5.41, 5.74) is 1.06. The molecule has 0 N–H and O–H groups in total.